The van der Waals surface area contributed by atoms with Crippen LogP contribution in [-0.2, 0) is 18.5 Å². The zero-order chi connectivity index (χ0) is 25.6. The zero-order valence-corrected chi connectivity index (χ0v) is 20.8. The van der Waals surface area contributed by atoms with E-state index in [9.17, 15) is 9.50 Å². The molecule has 1 aliphatic rings. The first-order valence-corrected chi connectivity index (χ1v) is 11.9. The summed E-state index contributed by atoms with van der Waals surface area (Å²) in [5.74, 6) is -0.311. The van der Waals surface area contributed by atoms with E-state index >= 15 is 4.39 Å². The molecule has 10 heteroatoms. The van der Waals surface area contributed by atoms with Crippen molar-refractivity contribution < 1.29 is 13.9 Å². The van der Waals surface area contributed by atoms with E-state index in [0.717, 1.165) is 36.1 Å². The molecule has 5 rings (SSSR count). The fourth-order valence-electron chi connectivity index (χ4n) is 4.93. The summed E-state index contributed by atoms with van der Waals surface area (Å²) in [4.78, 5) is 19.6. The molecule has 0 spiro atoms. The number of halogens is 2. The summed E-state index contributed by atoms with van der Waals surface area (Å²) >= 11 is 0. The summed E-state index contributed by atoms with van der Waals surface area (Å²) in [6.45, 7) is 9.95. The van der Waals surface area contributed by atoms with Crippen LogP contribution >= 0.6 is 0 Å². The number of pyridine rings is 1. The Labute approximate surface area is 208 Å². The van der Waals surface area contributed by atoms with Gasteiger partial charge in [-0.15, -0.1) is 0 Å². The molecule has 1 aliphatic heterocycles. The van der Waals surface area contributed by atoms with Crippen LogP contribution in [0.5, 0.6) is 0 Å². The monoisotopic (exact) mass is 493 g/mol. The highest BCUT2D eigenvalue weighted by atomic mass is 19.1. The van der Waals surface area contributed by atoms with E-state index < -0.39 is 11.6 Å². The van der Waals surface area contributed by atoms with Crippen molar-refractivity contribution in [3.05, 3.63) is 59.3 Å². The number of rotatable bonds is 5. The highest BCUT2D eigenvalue weighted by Gasteiger charge is 2.24. The number of hydrogen-bond donors (Lipinski definition) is 2. The first-order valence-electron chi connectivity index (χ1n) is 11.9. The highest BCUT2D eigenvalue weighted by molar-refractivity contribution is 5.83. The predicted molar refractivity (Wildman–Crippen MR) is 134 cm³/mol. The van der Waals surface area contributed by atoms with Gasteiger partial charge >= 0.3 is 0 Å². The first-order chi connectivity index (χ1) is 17.2. The van der Waals surface area contributed by atoms with Gasteiger partial charge in [-0.1, -0.05) is 0 Å². The molecular weight excluding hydrogens is 464 g/mol. The lowest BCUT2D eigenvalue weighted by Gasteiger charge is -2.28. The Bertz CT molecular complexity index is 1440. The number of aliphatic hydroxyl groups excluding tert-OH is 1. The molecular formula is C26H29F2N7O. The summed E-state index contributed by atoms with van der Waals surface area (Å²) in [5, 5.41) is 12.5. The van der Waals surface area contributed by atoms with Crippen LogP contribution in [0.2, 0.25) is 0 Å². The summed E-state index contributed by atoms with van der Waals surface area (Å²) in [6.07, 6.45) is 3.57. The Morgan fingerprint density at radius 2 is 1.92 bits per heavy atom. The van der Waals surface area contributed by atoms with Crippen LogP contribution in [0.25, 0.3) is 22.3 Å². The number of hydrogen-bond acceptors (Lipinski definition) is 7. The third kappa shape index (κ3) is 4.42. The lowest BCUT2D eigenvalue weighted by Crippen LogP contribution is -2.33. The van der Waals surface area contributed by atoms with Crippen molar-refractivity contribution in [1.29, 1.82) is 0 Å². The van der Waals surface area contributed by atoms with Crippen molar-refractivity contribution in [3.8, 4) is 11.3 Å². The third-order valence-electron chi connectivity index (χ3n) is 6.42. The molecule has 0 bridgehead atoms. The number of aliphatic hydroxyl groups is 1. The maximum absolute atomic E-state index is 15.1. The van der Waals surface area contributed by atoms with E-state index in [1.54, 1.807) is 12.3 Å². The van der Waals surface area contributed by atoms with Gasteiger partial charge < -0.3 is 15.0 Å². The van der Waals surface area contributed by atoms with E-state index in [4.69, 9.17) is 0 Å². The van der Waals surface area contributed by atoms with Crippen molar-refractivity contribution in [1.82, 2.24) is 29.4 Å². The molecule has 4 aromatic rings. The van der Waals surface area contributed by atoms with Gasteiger partial charge in [0, 0.05) is 60.3 Å². The normalized spacial score (nSPS) is 14.3. The fourth-order valence-corrected chi connectivity index (χ4v) is 4.93. The minimum atomic E-state index is -0.649. The number of anilines is 2. The molecule has 188 valence electrons. The quantitative estimate of drug-likeness (QED) is 0.428. The van der Waals surface area contributed by atoms with E-state index in [1.807, 2.05) is 38.3 Å². The minimum absolute atomic E-state index is 0.00237. The molecule has 3 aromatic heterocycles. The molecule has 0 saturated carbocycles. The maximum atomic E-state index is 15.1. The van der Waals surface area contributed by atoms with Crippen molar-refractivity contribution in [2.24, 2.45) is 0 Å². The number of imidazole rings is 1. The van der Waals surface area contributed by atoms with Gasteiger partial charge in [0.1, 0.15) is 17.0 Å². The van der Waals surface area contributed by atoms with Gasteiger partial charge in [-0.2, -0.15) is 0 Å². The number of fused-ring (bicyclic) bond motifs is 2. The number of aromatic nitrogens is 5. The first kappa shape index (κ1) is 24.2. The third-order valence-corrected chi connectivity index (χ3v) is 6.42. The largest absolute Gasteiger partial charge is 0.395 e. The van der Waals surface area contributed by atoms with Gasteiger partial charge in [0.25, 0.3) is 0 Å². The number of nitrogens with one attached hydrogen (secondary N) is 1. The summed E-state index contributed by atoms with van der Waals surface area (Å²) < 4.78 is 32.0. The molecule has 4 heterocycles. The standard InChI is InChI=1S/C26H29F2N7O/c1-15-31-24-18(27)11-16(12-22(24)35(15)26(2,3)4)23-19(28)13-30-25(33-23)32-21-5-7-29-20-6-8-34(9-10-36)14-17(20)21/h5,7,11-13,36H,6,8-10,14H2,1-4H3,(H,29,30,32,33). The van der Waals surface area contributed by atoms with E-state index in [0.29, 0.717) is 30.0 Å². The van der Waals surface area contributed by atoms with E-state index in [-0.39, 0.29) is 29.3 Å². The Hall–Kier alpha value is -3.50. The van der Waals surface area contributed by atoms with Gasteiger partial charge in [0.05, 0.1) is 18.3 Å². The van der Waals surface area contributed by atoms with Crippen LogP contribution in [-0.4, -0.2) is 54.2 Å². The Balaban J connectivity index is 1.54. The molecule has 0 saturated heterocycles. The number of β-amino-alcohol motifs (C(OH)–C–C–N with tert-alkyl or cyclic N) is 1. The summed E-state index contributed by atoms with van der Waals surface area (Å²) in [5.41, 5.74) is 3.51. The smallest absolute Gasteiger partial charge is 0.227 e. The lowest BCUT2D eigenvalue weighted by atomic mass is 10.0. The van der Waals surface area contributed by atoms with Crippen LogP contribution < -0.4 is 5.32 Å². The topological polar surface area (TPSA) is 92.0 Å². The molecule has 2 N–H and O–H groups in total. The van der Waals surface area contributed by atoms with Crippen LogP contribution in [0.15, 0.2) is 30.6 Å². The molecule has 0 amide bonds. The highest BCUT2D eigenvalue weighted by Crippen LogP contribution is 2.32. The molecule has 0 fully saturated rings. The minimum Gasteiger partial charge on any atom is -0.395 e. The van der Waals surface area contributed by atoms with Crippen LogP contribution in [0.1, 0.15) is 37.9 Å². The number of nitrogens with zero attached hydrogens (tertiary/aromatic N) is 6. The SMILES string of the molecule is Cc1nc2c(F)cc(-c3nc(Nc4ccnc5c4CN(CCO)CC5)ncc3F)cc2n1C(C)(C)C. The molecule has 1 aromatic carbocycles. The lowest BCUT2D eigenvalue weighted by molar-refractivity contribution is 0.184. The van der Waals surface area contributed by atoms with Crippen molar-refractivity contribution in [3.63, 3.8) is 0 Å². The Kier molecular flexibility index (Phi) is 6.17. The van der Waals surface area contributed by atoms with Crippen molar-refractivity contribution in [2.75, 3.05) is 25.0 Å². The molecule has 8 nitrogen and oxygen atoms in total. The average molecular weight is 494 g/mol. The Morgan fingerprint density at radius 1 is 1.11 bits per heavy atom. The Morgan fingerprint density at radius 3 is 2.67 bits per heavy atom. The molecule has 36 heavy (non-hydrogen) atoms. The van der Waals surface area contributed by atoms with Gasteiger partial charge in [-0.05, 0) is 45.9 Å². The van der Waals surface area contributed by atoms with Gasteiger partial charge in [-0.3, -0.25) is 9.88 Å². The van der Waals surface area contributed by atoms with Gasteiger partial charge in [-0.25, -0.2) is 23.7 Å². The second kappa shape index (κ2) is 9.18. The molecule has 0 atom stereocenters. The van der Waals surface area contributed by atoms with Crippen molar-refractivity contribution in [2.45, 2.75) is 46.2 Å². The maximum Gasteiger partial charge on any atom is 0.227 e. The average Bonchev–Trinajstić information content (AvgIpc) is 3.18. The van der Waals surface area contributed by atoms with Crippen molar-refractivity contribution >= 4 is 22.7 Å². The molecule has 0 unspecified atom stereocenters. The van der Waals surface area contributed by atoms with Gasteiger partial charge in [0.2, 0.25) is 5.95 Å². The predicted octanol–water partition coefficient (Wildman–Crippen LogP) is 4.32. The number of benzene rings is 1. The van der Waals surface area contributed by atoms with E-state index in [1.165, 1.54) is 6.07 Å². The molecule has 0 radical (unpaired) electrons. The zero-order valence-electron chi connectivity index (χ0n) is 20.8. The second-order valence-corrected chi connectivity index (χ2v) is 10.0. The van der Waals surface area contributed by atoms with E-state index in [2.05, 4.69) is 30.2 Å². The molecule has 0 aliphatic carbocycles. The van der Waals surface area contributed by atoms with Crippen LogP contribution in [0, 0.1) is 18.6 Å². The van der Waals surface area contributed by atoms with Gasteiger partial charge in [0.15, 0.2) is 11.6 Å². The number of aryl methyl sites for hydroxylation is 1. The second-order valence-electron chi connectivity index (χ2n) is 10.0. The van der Waals surface area contributed by atoms with Crippen LogP contribution in [0.3, 0.4) is 0 Å². The summed E-state index contributed by atoms with van der Waals surface area (Å²) in [7, 11) is 0. The summed E-state index contributed by atoms with van der Waals surface area (Å²) in [6, 6.07) is 4.81. The fraction of sp³-hybridized carbons (Fsp3) is 0.385. The van der Waals surface area contributed by atoms with Crippen LogP contribution in [0.4, 0.5) is 20.4 Å².